The van der Waals surface area contributed by atoms with E-state index in [1.807, 2.05) is 0 Å². The van der Waals surface area contributed by atoms with Crippen LogP contribution < -0.4 is 5.73 Å². The van der Waals surface area contributed by atoms with Crippen LogP contribution >= 0.6 is 0 Å². The van der Waals surface area contributed by atoms with Gasteiger partial charge in [-0.3, -0.25) is 4.79 Å². The average molecular weight is 335 g/mol. The summed E-state index contributed by atoms with van der Waals surface area (Å²) in [7, 11) is 0. The summed E-state index contributed by atoms with van der Waals surface area (Å²) in [4.78, 5) is 38.7. The molecule has 24 heavy (non-hydrogen) atoms. The second kappa shape index (κ2) is 8.19. The lowest BCUT2D eigenvalue weighted by atomic mass is 10.2. The van der Waals surface area contributed by atoms with Crippen LogP contribution in [0.15, 0.2) is 24.3 Å². The van der Waals surface area contributed by atoms with Gasteiger partial charge in [-0.15, -0.1) is 0 Å². The summed E-state index contributed by atoms with van der Waals surface area (Å²) in [6.45, 7) is 3.28. The Bertz CT molecular complexity index is 611. The Morgan fingerprint density at radius 1 is 1.08 bits per heavy atom. The fraction of sp³-hybridized carbons (Fsp3) is 0.438. The molecule has 8 nitrogen and oxygen atoms in total. The summed E-state index contributed by atoms with van der Waals surface area (Å²) in [5.41, 5.74) is 6.35. The van der Waals surface area contributed by atoms with Gasteiger partial charge in [-0.2, -0.15) is 0 Å². The highest BCUT2D eigenvalue weighted by Crippen LogP contribution is 2.09. The van der Waals surface area contributed by atoms with Crippen LogP contribution in [0.2, 0.25) is 0 Å². The first-order chi connectivity index (χ1) is 11.5. The highest BCUT2D eigenvalue weighted by atomic mass is 16.6. The van der Waals surface area contributed by atoms with Crippen LogP contribution in [-0.4, -0.2) is 67.2 Å². The number of hydrogen-bond donors (Lipinski definition) is 1. The van der Waals surface area contributed by atoms with E-state index in [9.17, 15) is 14.4 Å². The zero-order valence-electron chi connectivity index (χ0n) is 13.6. The van der Waals surface area contributed by atoms with Crippen molar-refractivity contribution >= 4 is 23.7 Å². The number of nitrogen functional groups attached to an aromatic ring is 1. The highest BCUT2D eigenvalue weighted by molar-refractivity contribution is 5.92. The number of rotatable bonds is 4. The molecular weight excluding hydrogens is 314 g/mol. The van der Waals surface area contributed by atoms with E-state index >= 15 is 0 Å². The minimum Gasteiger partial charge on any atom is -0.452 e. The first-order valence-electron chi connectivity index (χ1n) is 7.73. The van der Waals surface area contributed by atoms with Crippen LogP contribution in [-0.2, 0) is 14.3 Å². The van der Waals surface area contributed by atoms with Crippen LogP contribution in [0.5, 0.6) is 0 Å². The van der Waals surface area contributed by atoms with Gasteiger partial charge in [0.2, 0.25) is 0 Å². The molecule has 0 aromatic heterocycles. The van der Waals surface area contributed by atoms with Crippen molar-refractivity contribution < 1.29 is 23.9 Å². The van der Waals surface area contributed by atoms with Gasteiger partial charge in [0.25, 0.3) is 5.91 Å². The average Bonchev–Trinajstić information content (AvgIpc) is 2.59. The third kappa shape index (κ3) is 4.61. The largest absolute Gasteiger partial charge is 0.452 e. The maximum atomic E-state index is 12.1. The van der Waals surface area contributed by atoms with Crippen LogP contribution in [0.4, 0.5) is 10.5 Å². The summed E-state index contributed by atoms with van der Waals surface area (Å²) < 4.78 is 9.94. The van der Waals surface area contributed by atoms with E-state index in [-0.39, 0.29) is 18.6 Å². The highest BCUT2D eigenvalue weighted by Gasteiger charge is 2.25. The number of hydrogen-bond acceptors (Lipinski definition) is 6. The zero-order valence-corrected chi connectivity index (χ0v) is 13.6. The number of carbonyl (C=O) groups is 3. The van der Waals surface area contributed by atoms with Gasteiger partial charge >= 0.3 is 12.1 Å². The van der Waals surface area contributed by atoms with Gasteiger partial charge in [0.15, 0.2) is 6.61 Å². The van der Waals surface area contributed by atoms with Crippen LogP contribution in [0.3, 0.4) is 0 Å². The van der Waals surface area contributed by atoms with E-state index in [1.165, 1.54) is 6.07 Å². The minimum absolute atomic E-state index is 0.296. The maximum absolute atomic E-state index is 12.1. The summed E-state index contributed by atoms with van der Waals surface area (Å²) >= 11 is 0. The van der Waals surface area contributed by atoms with Crippen molar-refractivity contribution in [1.82, 2.24) is 9.80 Å². The van der Waals surface area contributed by atoms with E-state index in [0.29, 0.717) is 44.0 Å². The van der Waals surface area contributed by atoms with Crippen molar-refractivity contribution in [2.75, 3.05) is 45.1 Å². The Kier molecular flexibility index (Phi) is 6.00. The molecule has 130 valence electrons. The molecule has 2 amide bonds. The third-order valence-electron chi connectivity index (χ3n) is 3.61. The number of piperazine rings is 1. The van der Waals surface area contributed by atoms with E-state index in [0.717, 1.165) is 0 Å². The van der Waals surface area contributed by atoms with Crippen molar-refractivity contribution in [2.24, 2.45) is 0 Å². The van der Waals surface area contributed by atoms with Gasteiger partial charge < -0.3 is 25.0 Å². The Morgan fingerprint density at radius 3 is 2.38 bits per heavy atom. The molecule has 1 aromatic rings. The van der Waals surface area contributed by atoms with Gasteiger partial charge in [-0.1, -0.05) is 6.07 Å². The summed E-state index contributed by atoms with van der Waals surface area (Å²) in [5.74, 6) is -0.892. The molecule has 8 heteroatoms. The fourth-order valence-electron chi connectivity index (χ4n) is 2.32. The molecule has 0 saturated carbocycles. The monoisotopic (exact) mass is 335 g/mol. The van der Waals surface area contributed by atoms with Crippen molar-refractivity contribution in [2.45, 2.75) is 6.92 Å². The zero-order chi connectivity index (χ0) is 17.5. The molecule has 1 aromatic carbocycles. The number of esters is 1. The Hall–Kier alpha value is -2.77. The Labute approximate surface area is 140 Å². The lowest BCUT2D eigenvalue weighted by molar-refractivity contribution is -0.136. The molecular formula is C16H21N3O5. The van der Waals surface area contributed by atoms with Crippen molar-refractivity contribution in [3.8, 4) is 0 Å². The van der Waals surface area contributed by atoms with Crippen LogP contribution in [0.25, 0.3) is 0 Å². The molecule has 0 spiro atoms. The van der Waals surface area contributed by atoms with Gasteiger partial charge in [-0.25, -0.2) is 9.59 Å². The number of amides is 2. The van der Waals surface area contributed by atoms with Crippen molar-refractivity contribution in [1.29, 1.82) is 0 Å². The molecule has 0 unspecified atom stereocenters. The molecule has 0 atom stereocenters. The normalized spacial score (nSPS) is 14.2. The standard InChI is InChI=1S/C16H21N3O5/c1-2-23-16(22)19-8-6-18(7-9-19)14(20)11-24-15(21)12-4-3-5-13(17)10-12/h3-5,10H,2,6-9,11,17H2,1H3. The fourth-order valence-corrected chi connectivity index (χ4v) is 2.32. The Morgan fingerprint density at radius 2 is 1.75 bits per heavy atom. The molecule has 2 N–H and O–H groups in total. The van der Waals surface area contributed by atoms with E-state index in [1.54, 1.807) is 34.9 Å². The second-order valence-electron chi connectivity index (χ2n) is 5.27. The first-order valence-corrected chi connectivity index (χ1v) is 7.73. The number of anilines is 1. The van der Waals surface area contributed by atoms with Crippen LogP contribution in [0.1, 0.15) is 17.3 Å². The van der Waals surface area contributed by atoms with Gasteiger partial charge in [0.1, 0.15) is 0 Å². The van der Waals surface area contributed by atoms with Gasteiger partial charge in [-0.05, 0) is 25.1 Å². The Balaban J connectivity index is 1.77. The van der Waals surface area contributed by atoms with E-state index in [4.69, 9.17) is 15.2 Å². The van der Waals surface area contributed by atoms with Crippen molar-refractivity contribution in [3.63, 3.8) is 0 Å². The van der Waals surface area contributed by atoms with E-state index < -0.39 is 5.97 Å². The molecule has 0 radical (unpaired) electrons. The van der Waals surface area contributed by atoms with Crippen molar-refractivity contribution in [3.05, 3.63) is 29.8 Å². The number of carbonyl (C=O) groups excluding carboxylic acids is 3. The van der Waals surface area contributed by atoms with Gasteiger partial charge in [0.05, 0.1) is 12.2 Å². The lowest BCUT2D eigenvalue weighted by Gasteiger charge is -2.33. The molecule has 1 heterocycles. The van der Waals surface area contributed by atoms with Crippen LogP contribution in [0, 0.1) is 0 Å². The molecule has 1 aliphatic heterocycles. The predicted octanol–water partition coefficient (Wildman–Crippen LogP) is 0.726. The second-order valence-corrected chi connectivity index (χ2v) is 5.27. The molecule has 0 aliphatic carbocycles. The molecule has 1 aliphatic rings. The molecule has 2 rings (SSSR count). The molecule has 0 bridgehead atoms. The predicted molar refractivity (Wildman–Crippen MR) is 86.3 cm³/mol. The summed E-state index contributed by atoms with van der Waals surface area (Å²) in [5, 5.41) is 0. The van der Waals surface area contributed by atoms with E-state index in [2.05, 4.69) is 0 Å². The number of benzene rings is 1. The summed E-state index contributed by atoms with van der Waals surface area (Å²) in [6.07, 6.45) is -0.377. The minimum atomic E-state index is -0.596. The summed E-state index contributed by atoms with van der Waals surface area (Å²) in [6, 6.07) is 6.36. The number of ether oxygens (including phenoxy) is 2. The quantitative estimate of drug-likeness (QED) is 0.643. The number of nitrogens with two attached hydrogens (primary N) is 1. The maximum Gasteiger partial charge on any atom is 0.409 e. The first kappa shape index (κ1) is 17.6. The lowest BCUT2D eigenvalue weighted by Crippen LogP contribution is -2.51. The van der Waals surface area contributed by atoms with Gasteiger partial charge in [0, 0.05) is 31.9 Å². The third-order valence-corrected chi connectivity index (χ3v) is 3.61. The SMILES string of the molecule is CCOC(=O)N1CCN(C(=O)COC(=O)c2cccc(N)c2)CC1. The smallest absolute Gasteiger partial charge is 0.409 e. The molecule has 1 saturated heterocycles. The topological polar surface area (TPSA) is 102 Å². The molecule has 1 fully saturated rings. The number of nitrogens with zero attached hydrogens (tertiary/aromatic N) is 2.